The van der Waals surface area contributed by atoms with Crippen molar-refractivity contribution in [1.82, 2.24) is 0 Å². The second-order valence-electron chi connectivity index (χ2n) is 3.23. The Kier molecular flexibility index (Phi) is 2.00. The standard InChI is InChI=1S/C11H10BrN/c1-7-2-3-8-5-9(13)6-11(12)10(8)4-7/h2-6H,13H2,1H3. The van der Waals surface area contributed by atoms with Crippen LogP contribution < -0.4 is 5.73 Å². The lowest BCUT2D eigenvalue weighted by Crippen LogP contribution is -1.85. The molecule has 2 heteroatoms. The summed E-state index contributed by atoms with van der Waals surface area (Å²) >= 11 is 3.50. The van der Waals surface area contributed by atoms with Crippen LogP contribution in [0.3, 0.4) is 0 Å². The Bertz CT molecular complexity index is 463. The highest BCUT2D eigenvalue weighted by molar-refractivity contribution is 9.10. The van der Waals surface area contributed by atoms with E-state index in [2.05, 4.69) is 41.1 Å². The number of benzene rings is 2. The summed E-state index contributed by atoms with van der Waals surface area (Å²) in [5, 5.41) is 2.40. The van der Waals surface area contributed by atoms with E-state index in [4.69, 9.17) is 5.73 Å². The van der Waals surface area contributed by atoms with E-state index < -0.39 is 0 Å². The molecule has 0 heterocycles. The fourth-order valence-electron chi connectivity index (χ4n) is 1.45. The minimum atomic E-state index is 0.795. The van der Waals surface area contributed by atoms with E-state index in [0.717, 1.165) is 10.2 Å². The Balaban J connectivity index is 2.87. The number of anilines is 1. The number of aryl methyl sites for hydroxylation is 1. The summed E-state index contributed by atoms with van der Waals surface area (Å²) in [5.41, 5.74) is 7.79. The van der Waals surface area contributed by atoms with Gasteiger partial charge in [-0.05, 0) is 29.8 Å². The average molecular weight is 236 g/mol. The van der Waals surface area contributed by atoms with E-state index in [9.17, 15) is 0 Å². The Morgan fingerprint density at radius 1 is 1.15 bits per heavy atom. The Morgan fingerprint density at radius 3 is 2.69 bits per heavy atom. The SMILES string of the molecule is Cc1ccc2cc(N)cc(Br)c2c1. The Morgan fingerprint density at radius 2 is 1.92 bits per heavy atom. The second kappa shape index (κ2) is 3.04. The van der Waals surface area contributed by atoms with Gasteiger partial charge in [-0.3, -0.25) is 0 Å². The van der Waals surface area contributed by atoms with Gasteiger partial charge in [-0.1, -0.05) is 39.7 Å². The number of rotatable bonds is 0. The first kappa shape index (κ1) is 8.57. The van der Waals surface area contributed by atoms with Gasteiger partial charge in [0.05, 0.1) is 0 Å². The van der Waals surface area contributed by atoms with Crippen molar-refractivity contribution in [2.45, 2.75) is 6.92 Å². The van der Waals surface area contributed by atoms with Crippen molar-refractivity contribution >= 4 is 32.4 Å². The van der Waals surface area contributed by atoms with E-state index in [1.54, 1.807) is 0 Å². The lowest BCUT2D eigenvalue weighted by molar-refractivity contribution is 1.50. The molecule has 2 aromatic carbocycles. The fourth-order valence-corrected chi connectivity index (χ4v) is 2.06. The first-order chi connectivity index (χ1) is 6.16. The largest absolute Gasteiger partial charge is 0.399 e. The maximum Gasteiger partial charge on any atom is 0.0331 e. The molecule has 0 aromatic heterocycles. The summed E-state index contributed by atoms with van der Waals surface area (Å²) in [7, 11) is 0. The van der Waals surface area contributed by atoms with Gasteiger partial charge >= 0.3 is 0 Å². The maximum absolute atomic E-state index is 5.73. The van der Waals surface area contributed by atoms with Gasteiger partial charge < -0.3 is 5.73 Å². The molecule has 0 aliphatic carbocycles. The second-order valence-corrected chi connectivity index (χ2v) is 4.08. The first-order valence-corrected chi connectivity index (χ1v) is 4.91. The van der Waals surface area contributed by atoms with Gasteiger partial charge in [-0.25, -0.2) is 0 Å². The van der Waals surface area contributed by atoms with Gasteiger partial charge in [0.25, 0.3) is 0 Å². The van der Waals surface area contributed by atoms with E-state index in [-0.39, 0.29) is 0 Å². The Labute approximate surface area is 85.7 Å². The molecule has 0 bridgehead atoms. The summed E-state index contributed by atoms with van der Waals surface area (Å²) in [6.07, 6.45) is 0. The molecule has 0 aliphatic heterocycles. The molecule has 0 saturated heterocycles. The molecule has 1 nitrogen and oxygen atoms in total. The molecule has 0 unspecified atom stereocenters. The van der Waals surface area contributed by atoms with Gasteiger partial charge in [-0.2, -0.15) is 0 Å². The van der Waals surface area contributed by atoms with Crippen LogP contribution in [0.25, 0.3) is 10.8 Å². The third kappa shape index (κ3) is 1.54. The molecular formula is C11H10BrN. The highest BCUT2D eigenvalue weighted by Gasteiger charge is 1.99. The van der Waals surface area contributed by atoms with Crippen LogP contribution in [0.1, 0.15) is 5.56 Å². The van der Waals surface area contributed by atoms with E-state index in [0.29, 0.717) is 0 Å². The quantitative estimate of drug-likeness (QED) is 0.696. The molecule has 0 fully saturated rings. The van der Waals surface area contributed by atoms with E-state index in [1.165, 1.54) is 16.3 Å². The topological polar surface area (TPSA) is 26.0 Å². The number of nitrogen functional groups attached to an aromatic ring is 1. The molecule has 0 aliphatic rings. The summed E-state index contributed by atoms with van der Waals surface area (Å²) in [6, 6.07) is 10.3. The zero-order chi connectivity index (χ0) is 9.42. The number of fused-ring (bicyclic) bond motifs is 1. The fraction of sp³-hybridized carbons (Fsp3) is 0.0909. The predicted octanol–water partition coefficient (Wildman–Crippen LogP) is 3.49. The third-order valence-electron chi connectivity index (χ3n) is 2.08. The molecule has 0 atom stereocenters. The summed E-state index contributed by atoms with van der Waals surface area (Å²) in [5.74, 6) is 0. The van der Waals surface area contributed by atoms with Crippen molar-refractivity contribution in [1.29, 1.82) is 0 Å². The third-order valence-corrected chi connectivity index (χ3v) is 2.74. The molecular weight excluding hydrogens is 226 g/mol. The highest BCUT2D eigenvalue weighted by Crippen LogP contribution is 2.27. The minimum absolute atomic E-state index is 0.795. The molecule has 0 saturated carbocycles. The van der Waals surface area contributed by atoms with Crippen molar-refractivity contribution in [2.75, 3.05) is 5.73 Å². The van der Waals surface area contributed by atoms with Gasteiger partial charge in [0.2, 0.25) is 0 Å². The smallest absolute Gasteiger partial charge is 0.0331 e. The van der Waals surface area contributed by atoms with Crippen LogP contribution in [-0.2, 0) is 0 Å². The molecule has 13 heavy (non-hydrogen) atoms. The van der Waals surface area contributed by atoms with Crippen LogP contribution in [-0.4, -0.2) is 0 Å². The van der Waals surface area contributed by atoms with E-state index in [1.807, 2.05) is 12.1 Å². The van der Waals surface area contributed by atoms with Crippen molar-refractivity contribution in [3.8, 4) is 0 Å². The van der Waals surface area contributed by atoms with Gasteiger partial charge in [0.15, 0.2) is 0 Å². The number of nitrogens with two attached hydrogens (primary N) is 1. The number of halogens is 1. The normalized spacial score (nSPS) is 10.6. The van der Waals surface area contributed by atoms with Crippen LogP contribution in [0.5, 0.6) is 0 Å². The molecule has 0 spiro atoms. The molecule has 0 radical (unpaired) electrons. The van der Waals surface area contributed by atoms with Crippen LogP contribution in [0.2, 0.25) is 0 Å². The molecule has 0 amide bonds. The average Bonchev–Trinajstić information content (AvgIpc) is 2.06. The van der Waals surface area contributed by atoms with E-state index >= 15 is 0 Å². The first-order valence-electron chi connectivity index (χ1n) is 4.12. The van der Waals surface area contributed by atoms with Crippen molar-refractivity contribution in [3.63, 3.8) is 0 Å². The predicted molar refractivity (Wildman–Crippen MR) is 60.8 cm³/mol. The van der Waals surface area contributed by atoms with Gasteiger partial charge in [0.1, 0.15) is 0 Å². The molecule has 66 valence electrons. The minimum Gasteiger partial charge on any atom is -0.399 e. The van der Waals surface area contributed by atoms with Gasteiger partial charge in [0, 0.05) is 10.2 Å². The monoisotopic (exact) mass is 235 g/mol. The number of hydrogen-bond acceptors (Lipinski definition) is 1. The van der Waals surface area contributed by atoms with Crippen LogP contribution in [0.15, 0.2) is 34.8 Å². The van der Waals surface area contributed by atoms with Gasteiger partial charge in [-0.15, -0.1) is 0 Å². The lowest BCUT2D eigenvalue weighted by Gasteiger charge is -2.03. The molecule has 2 rings (SSSR count). The summed E-state index contributed by atoms with van der Waals surface area (Å²) in [6.45, 7) is 2.09. The van der Waals surface area contributed by atoms with Crippen LogP contribution in [0, 0.1) is 6.92 Å². The van der Waals surface area contributed by atoms with Crippen LogP contribution >= 0.6 is 15.9 Å². The highest BCUT2D eigenvalue weighted by atomic mass is 79.9. The lowest BCUT2D eigenvalue weighted by atomic mass is 10.1. The zero-order valence-electron chi connectivity index (χ0n) is 7.34. The Hall–Kier alpha value is -1.02. The summed E-state index contributed by atoms with van der Waals surface area (Å²) in [4.78, 5) is 0. The van der Waals surface area contributed by atoms with Crippen molar-refractivity contribution in [3.05, 3.63) is 40.4 Å². The maximum atomic E-state index is 5.73. The zero-order valence-corrected chi connectivity index (χ0v) is 8.93. The number of hydrogen-bond donors (Lipinski definition) is 1. The van der Waals surface area contributed by atoms with Crippen molar-refractivity contribution < 1.29 is 0 Å². The molecule has 2 aromatic rings. The van der Waals surface area contributed by atoms with Crippen LogP contribution in [0.4, 0.5) is 5.69 Å². The molecule has 2 N–H and O–H groups in total. The summed E-state index contributed by atoms with van der Waals surface area (Å²) < 4.78 is 1.06. The van der Waals surface area contributed by atoms with Crippen molar-refractivity contribution in [2.24, 2.45) is 0 Å².